The maximum Gasteiger partial charge on any atom is 0.286 e. The van der Waals surface area contributed by atoms with Crippen LogP contribution in [0.25, 0.3) is 0 Å². The summed E-state index contributed by atoms with van der Waals surface area (Å²) < 4.78 is 58.5. The Hall–Kier alpha value is -1.04. The topological polar surface area (TPSA) is 139 Å². The van der Waals surface area contributed by atoms with Crippen molar-refractivity contribution in [1.29, 1.82) is 0 Å². The molecule has 1 aromatic rings. The maximum absolute atomic E-state index is 10.7. The fraction of sp³-hybridized carbons (Fsp3) is 0.500. The average molecular weight is 257 g/mol. The Morgan fingerprint density at radius 2 is 1.47 bits per heavy atom. The van der Waals surface area contributed by atoms with Crippen LogP contribution in [0.4, 0.5) is 0 Å². The summed E-state index contributed by atoms with van der Waals surface area (Å²) in [6.45, 7) is -0.690. The number of aromatic nitrogens is 3. The van der Waals surface area contributed by atoms with Crippen molar-refractivity contribution in [1.82, 2.24) is 14.8 Å². The molecule has 0 fully saturated rings. The highest BCUT2D eigenvalue weighted by Crippen LogP contribution is 2.09. The highest BCUT2D eigenvalue weighted by Gasteiger charge is 2.35. The molecule has 0 saturated carbocycles. The lowest BCUT2D eigenvalue weighted by atomic mass is 10.7. The van der Waals surface area contributed by atoms with Crippen molar-refractivity contribution >= 4 is 20.2 Å². The molecule has 0 aliphatic rings. The van der Waals surface area contributed by atoms with E-state index in [1.165, 1.54) is 0 Å². The molecule has 0 aliphatic carbocycles. The van der Waals surface area contributed by atoms with Crippen molar-refractivity contribution in [3.05, 3.63) is 12.7 Å². The van der Waals surface area contributed by atoms with E-state index < -0.39 is 31.4 Å². The molecule has 2 N–H and O–H groups in total. The van der Waals surface area contributed by atoms with Gasteiger partial charge in [-0.15, -0.1) is 10.2 Å². The van der Waals surface area contributed by atoms with Gasteiger partial charge in [0.2, 0.25) is 4.58 Å². The standard InChI is InChI=1S/C4H7N3O6S2/c8-14(9,10)4(15(11,12)13)1-7-2-5-6-3-7/h2-4H,1H2,(H,8,9,10)(H,11,12,13). The van der Waals surface area contributed by atoms with Gasteiger partial charge in [0.05, 0.1) is 6.54 Å². The monoisotopic (exact) mass is 257 g/mol. The summed E-state index contributed by atoms with van der Waals surface area (Å²) in [7, 11) is -9.83. The molecule has 0 spiro atoms. The van der Waals surface area contributed by atoms with Crippen molar-refractivity contribution in [3.63, 3.8) is 0 Å². The molecule has 1 rings (SSSR count). The largest absolute Gasteiger partial charge is 0.318 e. The van der Waals surface area contributed by atoms with Crippen LogP contribution in [0.1, 0.15) is 0 Å². The van der Waals surface area contributed by atoms with Gasteiger partial charge in [-0.3, -0.25) is 9.11 Å². The first-order valence-corrected chi connectivity index (χ1v) is 6.47. The molecule has 0 saturated heterocycles. The van der Waals surface area contributed by atoms with Crippen molar-refractivity contribution < 1.29 is 25.9 Å². The minimum atomic E-state index is -4.91. The van der Waals surface area contributed by atoms with E-state index in [0.29, 0.717) is 0 Å². The number of hydrogen-bond donors (Lipinski definition) is 2. The zero-order chi connectivity index (χ0) is 11.7. The maximum atomic E-state index is 10.7. The molecule has 86 valence electrons. The minimum absolute atomic E-state index is 0.690. The zero-order valence-electron chi connectivity index (χ0n) is 7.12. The van der Waals surface area contributed by atoms with E-state index in [4.69, 9.17) is 9.11 Å². The van der Waals surface area contributed by atoms with Crippen LogP contribution < -0.4 is 0 Å². The molecule has 0 aliphatic heterocycles. The van der Waals surface area contributed by atoms with Gasteiger partial charge in [0, 0.05) is 0 Å². The van der Waals surface area contributed by atoms with E-state index >= 15 is 0 Å². The SMILES string of the molecule is O=S(=O)(O)C(Cn1cnnc1)S(=O)(=O)O. The fourth-order valence-corrected chi connectivity index (χ4v) is 2.78. The second-order valence-corrected chi connectivity index (χ2v) is 6.11. The predicted octanol–water partition coefficient (Wildman–Crippen LogP) is -1.62. The number of hydrogen-bond acceptors (Lipinski definition) is 6. The summed E-state index contributed by atoms with van der Waals surface area (Å²) in [4.78, 5) is 0. The van der Waals surface area contributed by atoms with Crippen molar-refractivity contribution in [2.24, 2.45) is 0 Å². The quantitative estimate of drug-likeness (QED) is 0.613. The zero-order valence-corrected chi connectivity index (χ0v) is 8.76. The number of nitrogens with zero attached hydrogens (tertiary/aromatic N) is 3. The van der Waals surface area contributed by atoms with Gasteiger partial charge in [0.15, 0.2) is 0 Å². The lowest BCUT2D eigenvalue weighted by Crippen LogP contribution is -2.33. The van der Waals surface area contributed by atoms with Gasteiger partial charge in [-0.2, -0.15) is 16.8 Å². The Morgan fingerprint density at radius 3 is 1.80 bits per heavy atom. The first-order chi connectivity index (χ1) is 6.71. The molecule has 0 unspecified atom stereocenters. The van der Waals surface area contributed by atoms with Gasteiger partial charge in [0.25, 0.3) is 20.2 Å². The van der Waals surface area contributed by atoms with E-state index in [-0.39, 0.29) is 0 Å². The fourth-order valence-electron chi connectivity index (χ4n) is 0.831. The molecular formula is C4H7N3O6S2. The second-order valence-electron chi connectivity index (χ2n) is 2.62. The third-order valence-corrected chi connectivity index (χ3v) is 4.58. The van der Waals surface area contributed by atoms with Crippen LogP contribution in [0, 0.1) is 0 Å². The van der Waals surface area contributed by atoms with Crippen molar-refractivity contribution in [3.8, 4) is 0 Å². The van der Waals surface area contributed by atoms with E-state index in [0.717, 1.165) is 17.2 Å². The van der Waals surface area contributed by atoms with Crippen molar-refractivity contribution in [2.45, 2.75) is 11.1 Å². The molecule has 1 aromatic heterocycles. The summed E-state index contributed by atoms with van der Waals surface area (Å²) in [6.07, 6.45) is 2.09. The molecular weight excluding hydrogens is 250 g/mol. The van der Waals surface area contributed by atoms with E-state index in [2.05, 4.69) is 10.2 Å². The summed E-state index contributed by atoms with van der Waals surface area (Å²) >= 11 is 0. The molecule has 9 nitrogen and oxygen atoms in total. The Bertz CT molecular complexity index is 485. The molecule has 0 amide bonds. The van der Waals surface area contributed by atoms with E-state index in [9.17, 15) is 16.8 Å². The smallest absolute Gasteiger partial charge is 0.286 e. The molecule has 1 heterocycles. The minimum Gasteiger partial charge on any atom is -0.318 e. The molecule has 0 radical (unpaired) electrons. The molecule has 15 heavy (non-hydrogen) atoms. The molecule has 0 aromatic carbocycles. The Kier molecular flexibility index (Phi) is 3.08. The van der Waals surface area contributed by atoms with Crippen LogP contribution in [0.15, 0.2) is 12.7 Å². The predicted molar refractivity (Wildman–Crippen MR) is 46.9 cm³/mol. The first kappa shape index (κ1) is 12.0. The van der Waals surface area contributed by atoms with Gasteiger partial charge in [-0.05, 0) is 0 Å². The summed E-state index contributed by atoms with van der Waals surface area (Å²) in [5.41, 5.74) is 0. The molecule has 0 bridgehead atoms. The Labute approximate surface area is 85.2 Å². The van der Waals surface area contributed by atoms with Crippen LogP contribution >= 0.6 is 0 Å². The molecule has 0 atom stereocenters. The third kappa shape index (κ3) is 3.23. The normalized spacial score (nSPS) is 13.3. The van der Waals surface area contributed by atoms with Gasteiger partial charge < -0.3 is 4.57 Å². The summed E-state index contributed by atoms with van der Waals surface area (Å²) in [6, 6.07) is 0. The van der Waals surface area contributed by atoms with Gasteiger partial charge in [0.1, 0.15) is 12.7 Å². The summed E-state index contributed by atoms with van der Waals surface area (Å²) in [5.74, 6) is 0. The highest BCUT2D eigenvalue weighted by molar-refractivity contribution is 8.03. The van der Waals surface area contributed by atoms with E-state index in [1.807, 2.05) is 0 Å². The Morgan fingerprint density at radius 1 is 1.07 bits per heavy atom. The van der Waals surface area contributed by atoms with Crippen LogP contribution in [-0.4, -0.2) is 45.3 Å². The van der Waals surface area contributed by atoms with Gasteiger partial charge in [-0.1, -0.05) is 0 Å². The van der Waals surface area contributed by atoms with Crippen LogP contribution in [-0.2, 0) is 26.8 Å². The van der Waals surface area contributed by atoms with E-state index in [1.54, 1.807) is 0 Å². The van der Waals surface area contributed by atoms with Gasteiger partial charge >= 0.3 is 0 Å². The number of rotatable bonds is 4. The van der Waals surface area contributed by atoms with Crippen molar-refractivity contribution in [2.75, 3.05) is 0 Å². The third-order valence-electron chi connectivity index (χ3n) is 1.49. The Balaban J connectivity index is 3.06. The van der Waals surface area contributed by atoms with Crippen LogP contribution in [0.2, 0.25) is 0 Å². The lowest BCUT2D eigenvalue weighted by molar-refractivity contribution is 0.445. The highest BCUT2D eigenvalue weighted by atomic mass is 32.3. The lowest BCUT2D eigenvalue weighted by Gasteiger charge is -2.10. The van der Waals surface area contributed by atoms with Crippen LogP contribution in [0.3, 0.4) is 0 Å². The second kappa shape index (κ2) is 3.84. The summed E-state index contributed by atoms with van der Waals surface area (Å²) in [5, 5.41) is 6.60. The average Bonchev–Trinajstić information content (AvgIpc) is 2.46. The van der Waals surface area contributed by atoms with Crippen LogP contribution in [0.5, 0.6) is 0 Å². The first-order valence-electron chi connectivity index (χ1n) is 3.46. The van der Waals surface area contributed by atoms with Gasteiger partial charge in [-0.25, -0.2) is 0 Å². The molecule has 11 heteroatoms.